The van der Waals surface area contributed by atoms with E-state index in [2.05, 4.69) is 20.5 Å². The molecule has 4 bridgehead atoms. The van der Waals surface area contributed by atoms with Gasteiger partial charge >= 0.3 is 0 Å². The van der Waals surface area contributed by atoms with Crippen LogP contribution in [0.1, 0.15) is 29.2 Å². The Balaban J connectivity index is 1.59. The monoisotopic (exact) mass is 431 g/mol. The molecule has 5 rings (SSSR count). The number of nitrogens with zero attached hydrogens (tertiary/aromatic N) is 3. The van der Waals surface area contributed by atoms with Crippen molar-refractivity contribution >= 4 is 23.1 Å². The van der Waals surface area contributed by atoms with Crippen molar-refractivity contribution in [3.63, 3.8) is 0 Å². The van der Waals surface area contributed by atoms with Crippen molar-refractivity contribution in [1.29, 1.82) is 0 Å². The minimum absolute atomic E-state index is 0.288. The highest BCUT2D eigenvalue weighted by molar-refractivity contribution is 5.68. The molecule has 1 aliphatic heterocycles. The average molecular weight is 431 g/mol. The molecule has 0 fully saturated rings. The van der Waals surface area contributed by atoms with E-state index in [0.717, 1.165) is 17.3 Å². The van der Waals surface area contributed by atoms with Crippen LogP contribution in [0.5, 0.6) is 5.75 Å². The molecule has 160 valence electrons. The summed E-state index contributed by atoms with van der Waals surface area (Å²) in [5, 5.41) is 6.49. The molecule has 0 saturated heterocycles. The molecule has 6 nitrogen and oxygen atoms in total. The largest absolute Gasteiger partial charge is 0.500 e. The van der Waals surface area contributed by atoms with E-state index in [9.17, 15) is 8.78 Å². The lowest BCUT2D eigenvalue weighted by atomic mass is 9.96. The Bertz CT molecular complexity index is 1270. The van der Waals surface area contributed by atoms with Gasteiger partial charge in [-0.3, -0.25) is 0 Å². The summed E-state index contributed by atoms with van der Waals surface area (Å²) in [6.07, 6.45) is 5.15. The Kier molecular flexibility index (Phi) is 5.15. The number of hydrogen-bond acceptors (Lipinski definition) is 5. The summed E-state index contributed by atoms with van der Waals surface area (Å²) in [7, 11) is 0. The number of rotatable bonds is 1. The van der Waals surface area contributed by atoms with E-state index in [1.165, 1.54) is 12.1 Å². The van der Waals surface area contributed by atoms with Gasteiger partial charge in [0.25, 0.3) is 0 Å². The minimum atomic E-state index is -0.602. The molecule has 1 aromatic heterocycles. The number of hydrogen-bond donors (Lipinski definition) is 2. The molecule has 0 amide bonds. The van der Waals surface area contributed by atoms with Crippen molar-refractivity contribution in [3.8, 4) is 5.75 Å². The van der Waals surface area contributed by atoms with Crippen molar-refractivity contribution in [2.24, 2.45) is 0 Å². The predicted octanol–water partition coefficient (Wildman–Crippen LogP) is 5.49. The van der Waals surface area contributed by atoms with Crippen LogP contribution in [0.2, 0.25) is 0 Å². The summed E-state index contributed by atoms with van der Waals surface area (Å²) in [6.45, 7) is 8.19. The van der Waals surface area contributed by atoms with E-state index in [0.29, 0.717) is 60.4 Å². The van der Waals surface area contributed by atoms with Gasteiger partial charge in [-0.05, 0) is 42.7 Å². The van der Waals surface area contributed by atoms with Crippen LogP contribution < -0.4 is 15.4 Å². The Hall–Kier alpha value is -3.99. The van der Waals surface area contributed by atoms with Crippen molar-refractivity contribution < 1.29 is 13.5 Å². The fourth-order valence-electron chi connectivity index (χ4n) is 4.12. The van der Waals surface area contributed by atoms with Crippen molar-refractivity contribution in [2.75, 3.05) is 23.8 Å². The second-order valence-electron chi connectivity index (χ2n) is 7.60. The first kappa shape index (κ1) is 19.9. The number of halogens is 2. The summed E-state index contributed by atoms with van der Waals surface area (Å²) >= 11 is 0. The van der Waals surface area contributed by atoms with Gasteiger partial charge in [-0.1, -0.05) is 18.2 Å². The summed E-state index contributed by atoms with van der Waals surface area (Å²) < 4.78 is 33.7. The molecule has 8 heteroatoms. The highest BCUT2D eigenvalue weighted by Crippen LogP contribution is 2.41. The quantitative estimate of drug-likeness (QED) is 0.394. The first-order chi connectivity index (χ1) is 15.6. The van der Waals surface area contributed by atoms with Gasteiger partial charge in [0.15, 0.2) is 0 Å². The highest BCUT2D eigenvalue weighted by atomic mass is 19.1. The molecule has 1 unspecified atom stereocenters. The first-order valence-electron chi connectivity index (χ1n) is 10.3. The van der Waals surface area contributed by atoms with E-state index < -0.39 is 11.6 Å². The zero-order valence-electron chi connectivity index (χ0n) is 17.0. The van der Waals surface area contributed by atoms with E-state index in [1.807, 2.05) is 12.2 Å². The lowest BCUT2D eigenvalue weighted by molar-refractivity contribution is 0.365. The predicted molar refractivity (Wildman–Crippen MR) is 118 cm³/mol. The molecule has 1 atom stereocenters. The fourth-order valence-corrected chi connectivity index (χ4v) is 4.12. The molecule has 2 aliphatic rings. The summed E-state index contributed by atoms with van der Waals surface area (Å²) in [4.78, 5) is 12.9. The molecule has 2 N–H and O–H groups in total. The number of aromatic nitrogens is 2. The molecule has 2 aromatic carbocycles. The molecule has 0 radical (unpaired) electrons. The highest BCUT2D eigenvalue weighted by Gasteiger charge is 2.31. The second kappa shape index (κ2) is 8.27. The van der Waals surface area contributed by atoms with Crippen LogP contribution >= 0.6 is 0 Å². The molecular weight excluding hydrogens is 412 g/mol. The maximum Gasteiger partial charge on any atom is 0.229 e. The minimum Gasteiger partial charge on any atom is -0.500 e. The van der Waals surface area contributed by atoms with Crippen LogP contribution in [0.15, 0.2) is 48.6 Å². The van der Waals surface area contributed by atoms with E-state index in [-0.39, 0.29) is 5.92 Å². The Morgan fingerprint density at radius 1 is 1.09 bits per heavy atom. The first-order valence-corrected chi connectivity index (χ1v) is 10.3. The van der Waals surface area contributed by atoms with E-state index in [1.54, 1.807) is 18.2 Å². The third-order valence-corrected chi connectivity index (χ3v) is 5.62. The van der Waals surface area contributed by atoms with Crippen molar-refractivity contribution in [2.45, 2.75) is 18.8 Å². The van der Waals surface area contributed by atoms with Gasteiger partial charge in [-0.25, -0.2) is 18.6 Å². The average Bonchev–Trinajstić information content (AvgIpc) is 3.20. The molecule has 32 heavy (non-hydrogen) atoms. The van der Waals surface area contributed by atoms with Crippen LogP contribution in [0, 0.1) is 18.2 Å². The smallest absolute Gasteiger partial charge is 0.229 e. The van der Waals surface area contributed by atoms with Crippen LogP contribution in [-0.2, 0) is 6.42 Å². The lowest BCUT2D eigenvalue weighted by Gasteiger charge is -2.16. The van der Waals surface area contributed by atoms with Gasteiger partial charge in [0.2, 0.25) is 11.6 Å². The SMILES string of the molecule is [C-]#[N+]c1ccc2cc1OC/C=C\CNc1nc(nc3c1CCC3c1ccc(F)cc1F)N2. The molecule has 0 spiro atoms. The van der Waals surface area contributed by atoms with Gasteiger partial charge < -0.3 is 15.4 Å². The zero-order chi connectivity index (χ0) is 22.1. The summed E-state index contributed by atoms with van der Waals surface area (Å²) in [5.74, 6) is 0.0421. The second-order valence-corrected chi connectivity index (χ2v) is 7.60. The normalized spacial score (nSPS) is 17.8. The number of ether oxygens (including phenoxy) is 1. The van der Waals surface area contributed by atoms with Crippen LogP contribution in [-0.4, -0.2) is 23.1 Å². The van der Waals surface area contributed by atoms with Gasteiger partial charge in [-0.15, -0.1) is 0 Å². The third kappa shape index (κ3) is 3.73. The maximum absolute atomic E-state index is 14.6. The van der Waals surface area contributed by atoms with Crippen LogP contribution in [0.25, 0.3) is 4.85 Å². The van der Waals surface area contributed by atoms with E-state index in [4.69, 9.17) is 16.3 Å². The molecule has 0 saturated carbocycles. The van der Waals surface area contributed by atoms with Crippen molar-refractivity contribution in [3.05, 3.63) is 88.4 Å². The fraction of sp³-hybridized carbons (Fsp3) is 0.208. The Labute approximate surface area is 183 Å². The van der Waals surface area contributed by atoms with Gasteiger partial charge in [0.05, 0.1) is 12.3 Å². The number of fused-ring (bicyclic) bond motifs is 6. The standard InChI is InChI=1S/C24H19F2N5O/c1-27-20-9-5-15-13-21(20)32-11-3-2-10-28-23-18-8-7-17(22(18)30-24(29-15)31-23)16-6-4-14(25)12-19(16)26/h2-6,9,12-13,17H,7-8,10-11H2,(H2,28,29,30,31)/b3-2-. The summed E-state index contributed by atoms with van der Waals surface area (Å²) in [5.41, 5.74) is 3.18. The van der Waals surface area contributed by atoms with Crippen LogP contribution in [0.3, 0.4) is 0 Å². The zero-order valence-corrected chi connectivity index (χ0v) is 17.0. The van der Waals surface area contributed by atoms with Gasteiger partial charge in [-0.2, -0.15) is 4.98 Å². The third-order valence-electron chi connectivity index (χ3n) is 5.62. The summed E-state index contributed by atoms with van der Waals surface area (Å²) in [6, 6.07) is 8.85. The maximum atomic E-state index is 14.6. The molecule has 3 aromatic rings. The van der Waals surface area contributed by atoms with Gasteiger partial charge in [0, 0.05) is 29.8 Å². The van der Waals surface area contributed by atoms with E-state index >= 15 is 0 Å². The molecule has 2 heterocycles. The van der Waals surface area contributed by atoms with Crippen molar-refractivity contribution in [1.82, 2.24) is 9.97 Å². The molecule has 1 aliphatic carbocycles. The Morgan fingerprint density at radius 2 is 2.00 bits per heavy atom. The molecular formula is C24H19F2N5O. The topological polar surface area (TPSA) is 63.4 Å². The Morgan fingerprint density at radius 3 is 2.84 bits per heavy atom. The number of benzene rings is 2. The number of anilines is 3. The lowest BCUT2D eigenvalue weighted by Crippen LogP contribution is -2.10. The number of nitrogens with one attached hydrogen (secondary N) is 2. The van der Waals surface area contributed by atoms with Crippen LogP contribution in [0.4, 0.5) is 31.9 Å². The van der Waals surface area contributed by atoms with Gasteiger partial charge in [0.1, 0.15) is 29.8 Å².